The fraction of sp³-hybridized carbons (Fsp3) is 0.500. The minimum Gasteiger partial charge on any atom is -0.337 e. The van der Waals surface area contributed by atoms with E-state index in [-0.39, 0.29) is 11.6 Å². The van der Waals surface area contributed by atoms with Crippen molar-refractivity contribution in [2.24, 2.45) is 0 Å². The van der Waals surface area contributed by atoms with E-state index in [2.05, 4.69) is 5.32 Å². The first kappa shape index (κ1) is 13.1. The average molecular weight is 275 g/mol. The maximum Gasteiger partial charge on any atom is 0.269 e. The number of rotatable bonds is 2. The molecule has 6 heteroatoms. The van der Waals surface area contributed by atoms with Crippen LogP contribution in [0.3, 0.4) is 0 Å². The van der Waals surface area contributed by atoms with Gasteiger partial charge in [0.05, 0.1) is 4.92 Å². The van der Waals surface area contributed by atoms with Crippen LogP contribution in [0.25, 0.3) is 0 Å². The summed E-state index contributed by atoms with van der Waals surface area (Å²) in [6, 6.07) is 6.78. The normalized spacial score (nSPS) is 25.3. The molecule has 0 spiro atoms. The van der Waals surface area contributed by atoms with Crippen molar-refractivity contribution in [3.63, 3.8) is 0 Å². The maximum absolute atomic E-state index is 12.4. The smallest absolute Gasteiger partial charge is 0.269 e. The van der Waals surface area contributed by atoms with Crippen molar-refractivity contribution in [3.8, 4) is 0 Å². The van der Waals surface area contributed by atoms with E-state index in [9.17, 15) is 14.9 Å². The molecule has 106 valence electrons. The lowest BCUT2D eigenvalue weighted by Crippen LogP contribution is -2.39. The number of nitro benzene ring substituents is 1. The van der Waals surface area contributed by atoms with Gasteiger partial charge in [0.25, 0.3) is 11.6 Å². The zero-order chi connectivity index (χ0) is 14.1. The Morgan fingerprint density at radius 3 is 2.60 bits per heavy atom. The van der Waals surface area contributed by atoms with Crippen LogP contribution >= 0.6 is 0 Å². The van der Waals surface area contributed by atoms with Gasteiger partial charge in [-0.15, -0.1) is 0 Å². The number of likely N-dealkylation sites (tertiary alicyclic amines) is 1. The highest BCUT2D eigenvalue weighted by Crippen LogP contribution is 2.22. The molecule has 0 saturated carbocycles. The fourth-order valence-electron chi connectivity index (χ4n) is 3.04. The quantitative estimate of drug-likeness (QED) is 0.656. The summed E-state index contributed by atoms with van der Waals surface area (Å²) in [5.41, 5.74) is 0.534. The Balaban J connectivity index is 1.73. The highest BCUT2D eigenvalue weighted by Gasteiger charge is 2.31. The Hall–Kier alpha value is -1.95. The van der Waals surface area contributed by atoms with Crippen molar-refractivity contribution in [1.82, 2.24) is 10.2 Å². The van der Waals surface area contributed by atoms with Gasteiger partial charge in [0.2, 0.25) is 0 Å². The van der Waals surface area contributed by atoms with Crippen molar-refractivity contribution in [3.05, 3.63) is 39.9 Å². The Labute approximate surface area is 116 Å². The SMILES string of the molecule is O=C(c1ccc([N+](=O)[O-])cc1)N1CCC2CCC(C1)N2. The first-order valence-corrected chi connectivity index (χ1v) is 6.93. The van der Waals surface area contributed by atoms with E-state index >= 15 is 0 Å². The molecular formula is C14H17N3O3. The number of fused-ring (bicyclic) bond motifs is 2. The number of nitrogens with one attached hydrogen (secondary N) is 1. The number of amides is 1. The zero-order valence-electron chi connectivity index (χ0n) is 11.1. The second-order valence-corrected chi connectivity index (χ2v) is 5.48. The van der Waals surface area contributed by atoms with Crippen molar-refractivity contribution in [2.45, 2.75) is 31.3 Å². The summed E-state index contributed by atoms with van der Waals surface area (Å²) in [4.78, 5) is 24.5. The zero-order valence-corrected chi connectivity index (χ0v) is 11.1. The topological polar surface area (TPSA) is 75.5 Å². The highest BCUT2D eigenvalue weighted by atomic mass is 16.6. The standard InChI is InChI=1S/C14H17N3O3/c18-14(10-1-5-13(6-2-10)17(19)20)16-8-7-11-3-4-12(9-16)15-11/h1-2,5-6,11-12,15H,3-4,7-9H2. The van der Waals surface area contributed by atoms with Gasteiger partial charge in [-0.1, -0.05) is 0 Å². The molecule has 2 atom stereocenters. The molecule has 0 aliphatic carbocycles. The van der Waals surface area contributed by atoms with Crippen LogP contribution in [0.1, 0.15) is 29.6 Å². The minimum atomic E-state index is -0.455. The summed E-state index contributed by atoms with van der Waals surface area (Å²) < 4.78 is 0. The van der Waals surface area contributed by atoms with Crippen LogP contribution in [0.4, 0.5) is 5.69 Å². The molecule has 2 aliphatic rings. The summed E-state index contributed by atoms with van der Waals surface area (Å²) >= 11 is 0. The molecule has 2 fully saturated rings. The molecule has 3 rings (SSSR count). The third-order valence-corrected chi connectivity index (χ3v) is 4.14. The lowest BCUT2D eigenvalue weighted by Gasteiger charge is -2.24. The molecule has 6 nitrogen and oxygen atoms in total. The van der Waals surface area contributed by atoms with Gasteiger partial charge in [0.1, 0.15) is 0 Å². The average Bonchev–Trinajstić information content (AvgIpc) is 2.78. The van der Waals surface area contributed by atoms with E-state index in [4.69, 9.17) is 0 Å². The van der Waals surface area contributed by atoms with E-state index in [1.165, 1.54) is 30.7 Å². The van der Waals surface area contributed by atoms with Crippen LogP contribution in [0, 0.1) is 10.1 Å². The third kappa shape index (κ3) is 2.51. The first-order chi connectivity index (χ1) is 9.63. The largest absolute Gasteiger partial charge is 0.337 e. The molecule has 2 bridgehead atoms. The predicted molar refractivity (Wildman–Crippen MR) is 73.6 cm³/mol. The summed E-state index contributed by atoms with van der Waals surface area (Å²) in [6.07, 6.45) is 3.30. The van der Waals surface area contributed by atoms with Gasteiger partial charge in [-0.2, -0.15) is 0 Å². The van der Waals surface area contributed by atoms with Crippen LogP contribution in [0.15, 0.2) is 24.3 Å². The molecule has 1 amide bonds. The first-order valence-electron chi connectivity index (χ1n) is 6.93. The highest BCUT2D eigenvalue weighted by molar-refractivity contribution is 5.94. The van der Waals surface area contributed by atoms with Gasteiger partial charge in [0.15, 0.2) is 0 Å². The number of nitro groups is 1. The third-order valence-electron chi connectivity index (χ3n) is 4.14. The summed E-state index contributed by atoms with van der Waals surface area (Å²) in [5, 5.41) is 14.1. The number of non-ortho nitro benzene ring substituents is 1. The molecule has 2 unspecified atom stereocenters. The number of nitrogens with zero attached hydrogens (tertiary/aromatic N) is 2. The van der Waals surface area contributed by atoms with Gasteiger partial charge in [-0.25, -0.2) is 0 Å². The monoisotopic (exact) mass is 275 g/mol. The van der Waals surface area contributed by atoms with Gasteiger partial charge in [0, 0.05) is 42.9 Å². The van der Waals surface area contributed by atoms with E-state index in [1.807, 2.05) is 4.90 Å². The number of benzene rings is 1. The van der Waals surface area contributed by atoms with Crippen LogP contribution in [-0.4, -0.2) is 40.9 Å². The number of carbonyl (C=O) groups is 1. The maximum atomic E-state index is 12.4. The molecule has 20 heavy (non-hydrogen) atoms. The van der Waals surface area contributed by atoms with E-state index in [0.717, 1.165) is 25.9 Å². The van der Waals surface area contributed by atoms with Crippen molar-refractivity contribution < 1.29 is 9.72 Å². The number of hydrogen-bond acceptors (Lipinski definition) is 4. The van der Waals surface area contributed by atoms with Gasteiger partial charge in [-0.3, -0.25) is 14.9 Å². The van der Waals surface area contributed by atoms with Gasteiger partial charge >= 0.3 is 0 Å². The predicted octanol–water partition coefficient (Wildman–Crippen LogP) is 1.56. The Bertz CT molecular complexity index is 529. The van der Waals surface area contributed by atoms with Gasteiger partial charge in [-0.05, 0) is 31.4 Å². The van der Waals surface area contributed by atoms with Crippen LogP contribution in [0.5, 0.6) is 0 Å². The van der Waals surface area contributed by atoms with Crippen molar-refractivity contribution >= 4 is 11.6 Å². The molecule has 2 aliphatic heterocycles. The molecule has 1 aromatic rings. The molecule has 0 aromatic heterocycles. The minimum absolute atomic E-state index is 0.0122. The molecule has 1 N–H and O–H groups in total. The van der Waals surface area contributed by atoms with Crippen molar-refractivity contribution in [1.29, 1.82) is 0 Å². The van der Waals surface area contributed by atoms with Crippen LogP contribution in [-0.2, 0) is 0 Å². The molecule has 1 aromatic carbocycles. The molecule has 2 heterocycles. The second kappa shape index (κ2) is 5.20. The number of carbonyl (C=O) groups excluding carboxylic acids is 1. The van der Waals surface area contributed by atoms with Crippen LogP contribution in [0.2, 0.25) is 0 Å². The van der Waals surface area contributed by atoms with Crippen LogP contribution < -0.4 is 5.32 Å². The van der Waals surface area contributed by atoms with E-state index < -0.39 is 4.92 Å². The molecule has 0 radical (unpaired) electrons. The van der Waals surface area contributed by atoms with Gasteiger partial charge < -0.3 is 10.2 Å². The fourth-order valence-corrected chi connectivity index (χ4v) is 3.04. The van der Waals surface area contributed by atoms with E-state index in [1.54, 1.807) is 0 Å². The Kier molecular flexibility index (Phi) is 3.40. The molecule has 2 saturated heterocycles. The summed E-state index contributed by atoms with van der Waals surface area (Å²) in [7, 11) is 0. The summed E-state index contributed by atoms with van der Waals surface area (Å²) in [6.45, 7) is 1.48. The second-order valence-electron chi connectivity index (χ2n) is 5.48. The Morgan fingerprint density at radius 2 is 1.90 bits per heavy atom. The van der Waals surface area contributed by atoms with E-state index in [0.29, 0.717) is 17.6 Å². The lowest BCUT2D eigenvalue weighted by molar-refractivity contribution is -0.384. The van der Waals surface area contributed by atoms with Crippen molar-refractivity contribution in [2.75, 3.05) is 13.1 Å². The Morgan fingerprint density at radius 1 is 1.20 bits per heavy atom. The summed E-state index contributed by atoms with van der Waals surface area (Å²) in [5.74, 6) is -0.0331. The lowest BCUT2D eigenvalue weighted by atomic mass is 10.1. The molecular weight excluding hydrogens is 258 g/mol. The number of hydrogen-bond donors (Lipinski definition) is 1.